The summed E-state index contributed by atoms with van der Waals surface area (Å²) >= 11 is 2.36. The summed E-state index contributed by atoms with van der Waals surface area (Å²) in [7, 11) is 0. The number of hydrogen-bond donors (Lipinski definition) is 2. The lowest BCUT2D eigenvalue weighted by atomic mass is 10.1. The molecule has 15 heteroatoms. The lowest BCUT2D eigenvalue weighted by molar-refractivity contribution is -0.274. The molecule has 0 spiro atoms. The topological polar surface area (TPSA) is 119 Å². The van der Waals surface area contributed by atoms with E-state index in [4.69, 9.17) is 4.74 Å². The zero-order valence-corrected chi connectivity index (χ0v) is 18.9. The van der Waals surface area contributed by atoms with Crippen molar-refractivity contribution >= 4 is 45.3 Å². The van der Waals surface area contributed by atoms with Gasteiger partial charge in [-0.05, 0) is 12.1 Å². The minimum atomic E-state index is -5.10. The van der Waals surface area contributed by atoms with E-state index in [1.165, 1.54) is 23.5 Å². The third-order valence-corrected chi connectivity index (χ3v) is 5.97. The van der Waals surface area contributed by atoms with Crippen LogP contribution in [0.4, 0.5) is 24.0 Å². The number of para-hydroxylation sites is 1. The van der Waals surface area contributed by atoms with Gasteiger partial charge in [0.05, 0.1) is 36.5 Å². The number of thiazole rings is 1. The average molecular weight is 515 g/mol. The van der Waals surface area contributed by atoms with Crippen LogP contribution in [-0.4, -0.2) is 71.1 Å². The SMILES string of the molecule is O=C(CN1CCOCC1)Nc1cccc(C(=O)Nc2nnc(-c3cscn3)s2)c1OC(F)(F)F. The highest BCUT2D eigenvalue weighted by Gasteiger charge is 2.35. The molecule has 34 heavy (non-hydrogen) atoms. The van der Waals surface area contributed by atoms with Crippen molar-refractivity contribution in [2.75, 3.05) is 43.5 Å². The molecule has 2 aromatic heterocycles. The predicted molar refractivity (Wildman–Crippen MR) is 118 cm³/mol. The van der Waals surface area contributed by atoms with Crippen molar-refractivity contribution in [2.45, 2.75) is 6.36 Å². The molecule has 0 bridgehead atoms. The number of ether oxygens (including phenoxy) is 2. The summed E-state index contributed by atoms with van der Waals surface area (Å²) < 4.78 is 48.8. The van der Waals surface area contributed by atoms with Crippen LogP contribution in [0.2, 0.25) is 0 Å². The first-order chi connectivity index (χ1) is 16.3. The van der Waals surface area contributed by atoms with Gasteiger partial charge in [-0.1, -0.05) is 17.4 Å². The Morgan fingerprint density at radius 1 is 1.18 bits per heavy atom. The van der Waals surface area contributed by atoms with Crippen LogP contribution >= 0.6 is 22.7 Å². The van der Waals surface area contributed by atoms with Crippen molar-refractivity contribution in [3.8, 4) is 16.5 Å². The summed E-state index contributed by atoms with van der Waals surface area (Å²) in [4.78, 5) is 31.1. The van der Waals surface area contributed by atoms with E-state index < -0.39 is 29.5 Å². The molecule has 0 radical (unpaired) electrons. The van der Waals surface area contributed by atoms with E-state index in [-0.39, 0.29) is 17.4 Å². The largest absolute Gasteiger partial charge is 0.573 e. The van der Waals surface area contributed by atoms with Gasteiger partial charge in [0.1, 0.15) is 5.69 Å². The number of nitrogens with one attached hydrogen (secondary N) is 2. The molecule has 0 aliphatic carbocycles. The number of halogens is 3. The maximum atomic E-state index is 13.1. The van der Waals surface area contributed by atoms with E-state index in [1.807, 2.05) is 0 Å². The number of carbonyl (C=O) groups excluding carboxylic acids is 2. The second-order valence-electron chi connectivity index (χ2n) is 6.91. The molecule has 1 aromatic carbocycles. The zero-order valence-electron chi connectivity index (χ0n) is 17.3. The van der Waals surface area contributed by atoms with Crippen molar-refractivity contribution in [3.63, 3.8) is 0 Å². The van der Waals surface area contributed by atoms with E-state index in [0.29, 0.717) is 37.0 Å². The normalized spacial score (nSPS) is 14.6. The first kappa shape index (κ1) is 24.0. The van der Waals surface area contributed by atoms with E-state index in [2.05, 4.69) is 30.6 Å². The molecule has 1 fully saturated rings. The third kappa shape index (κ3) is 6.25. The summed E-state index contributed by atoms with van der Waals surface area (Å²) in [6.45, 7) is 1.91. The summed E-state index contributed by atoms with van der Waals surface area (Å²) in [6, 6.07) is 3.71. The molecule has 3 aromatic rings. The van der Waals surface area contributed by atoms with Gasteiger partial charge in [-0.15, -0.1) is 34.7 Å². The number of benzene rings is 1. The Balaban J connectivity index is 1.53. The standard InChI is InChI=1S/C19H17F3N6O4S2/c20-19(21,22)32-15-11(16(30)25-18-27-26-17(34-18)13-9-33-10-23-13)2-1-3-12(15)24-14(29)8-28-4-6-31-7-5-28/h1-3,9-10H,4-8H2,(H,24,29)(H,25,27,30). The fourth-order valence-corrected chi connectivity index (χ4v) is 4.37. The van der Waals surface area contributed by atoms with Crippen molar-refractivity contribution in [1.82, 2.24) is 20.1 Å². The molecule has 2 N–H and O–H groups in total. The van der Waals surface area contributed by atoms with Crippen LogP contribution < -0.4 is 15.4 Å². The lowest BCUT2D eigenvalue weighted by Crippen LogP contribution is -2.41. The molecule has 0 atom stereocenters. The molecule has 4 rings (SSSR count). The molecule has 3 heterocycles. The summed E-state index contributed by atoms with van der Waals surface area (Å²) in [6.07, 6.45) is -5.10. The van der Waals surface area contributed by atoms with Crippen LogP contribution in [0.15, 0.2) is 29.1 Å². The molecular formula is C19H17F3N6O4S2. The highest BCUT2D eigenvalue weighted by Crippen LogP contribution is 2.35. The summed E-state index contributed by atoms with van der Waals surface area (Å²) in [5.41, 5.74) is 1.44. The number of anilines is 2. The van der Waals surface area contributed by atoms with Crippen molar-refractivity contribution < 1.29 is 32.2 Å². The molecule has 1 saturated heterocycles. The van der Waals surface area contributed by atoms with Crippen LogP contribution in [0.5, 0.6) is 5.75 Å². The minimum absolute atomic E-state index is 0.0462. The van der Waals surface area contributed by atoms with Gasteiger partial charge < -0.3 is 14.8 Å². The third-order valence-electron chi connectivity index (χ3n) is 4.52. The number of aromatic nitrogens is 3. The van der Waals surface area contributed by atoms with E-state index in [9.17, 15) is 22.8 Å². The Morgan fingerprint density at radius 2 is 1.97 bits per heavy atom. The molecule has 1 aliphatic heterocycles. The van der Waals surface area contributed by atoms with E-state index in [0.717, 1.165) is 17.4 Å². The smallest absolute Gasteiger partial charge is 0.403 e. The quantitative estimate of drug-likeness (QED) is 0.494. The fraction of sp³-hybridized carbons (Fsp3) is 0.316. The highest BCUT2D eigenvalue weighted by molar-refractivity contribution is 7.18. The van der Waals surface area contributed by atoms with Crippen molar-refractivity contribution in [2.24, 2.45) is 0 Å². The monoisotopic (exact) mass is 514 g/mol. The number of amides is 2. The van der Waals surface area contributed by atoms with E-state index in [1.54, 1.807) is 15.8 Å². The number of nitrogens with zero attached hydrogens (tertiary/aromatic N) is 4. The second-order valence-corrected chi connectivity index (χ2v) is 8.60. The second kappa shape index (κ2) is 10.4. The van der Waals surface area contributed by atoms with Crippen LogP contribution in [0, 0.1) is 0 Å². The Labute approximate surface area is 198 Å². The van der Waals surface area contributed by atoms with Gasteiger partial charge in [-0.2, -0.15) is 0 Å². The van der Waals surface area contributed by atoms with Gasteiger partial charge in [0.15, 0.2) is 10.8 Å². The maximum absolute atomic E-state index is 13.1. The van der Waals surface area contributed by atoms with Gasteiger partial charge >= 0.3 is 6.36 Å². The average Bonchev–Trinajstić information content (AvgIpc) is 3.46. The highest BCUT2D eigenvalue weighted by atomic mass is 32.1. The van der Waals surface area contributed by atoms with E-state index >= 15 is 0 Å². The first-order valence-electron chi connectivity index (χ1n) is 9.80. The summed E-state index contributed by atoms with van der Waals surface area (Å²) in [5, 5.41) is 14.8. The van der Waals surface area contributed by atoms with Gasteiger partial charge in [-0.25, -0.2) is 4.98 Å². The van der Waals surface area contributed by atoms with Gasteiger partial charge in [-0.3, -0.25) is 19.8 Å². The first-order valence-corrected chi connectivity index (χ1v) is 11.6. The lowest BCUT2D eigenvalue weighted by Gasteiger charge is -2.26. The van der Waals surface area contributed by atoms with Gasteiger partial charge in [0.25, 0.3) is 5.91 Å². The number of alkyl halides is 3. The fourth-order valence-electron chi connectivity index (χ4n) is 3.05. The molecule has 180 valence electrons. The van der Waals surface area contributed by atoms with Crippen LogP contribution in [0.25, 0.3) is 10.7 Å². The van der Waals surface area contributed by atoms with Crippen molar-refractivity contribution in [1.29, 1.82) is 0 Å². The van der Waals surface area contributed by atoms with Crippen LogP contribution in [0.1, 0.15) is 10.4 Å². The Bertz CT molecular complexity index is 1150. The number of morpholine rings is 1. The Kier molecular flexibility index (Phi) is 7.35. The molecule has 2 amide bonds. The summed E-state index contributed by atoms with van der Waals surface area (Å²) in [5.74, 6) is -2.29. The molecule has 0 unspecified atom stereocenters. The Morgan fingerprint density at radius 3 is 2.68 bits per heavy atom. The molecule has 0 saturated carbocycles. The Hall–Kier alpha value is -3.14. The number of rotatable bonds is 7. The number of carbonyl (C=O) groups is 2. The number of hydrogen-bond acceptors (Lipinski definition) is 10. The van der Waals surface area contributed by atoms with Crippen LogP contribution in [0.3, 0.4) is 0 Å². The maximum Gasteiger partial charge on any atom is 0.573 e. The van der Waals surface area contributed by atoms with Crippen molar-refractivity contribution in [3.05, 3.63) is 34.7 Å². The molecular weight excluding hydrogens is 497 g/mol. The van der Waals surface area contributed by atoms with Gasteiger partial charge in [0, 0.05) is 18.5 Å². The minimum Gasteiger partial charge on any atom is -0.403 e. The molecule has 1 aliphatic rings. The predicted octanol–water partition coefficient (Wildman–Crippen LogP) is 3.08. The van der Waals surface area contributed by atoms with Crippen LogP contribution in [-0.2, 0) is 9.53 Å². The zero-order chi connectivity index (χ0) is 24.1. The van der Waals surface area contributed by atoms with Gasteiger partial charge in [0.2, 0.25) is 11.0 Å². The molecule has 10 nitrogen and oxygen atoms in total.